The van der Waals surface area contributed by atoms with E-state index in [0.717, 1.165) is 12.8 Å². The molecule has 0 aromatic heterocycles. The second kappa shape index (κ2) is 15.3. The maximum absolute atomic E-state index is 13.3. The van der Waals surface area contributed by atoms with Crippen LogP contribution in [0, 0.1) is 23.7 Å². The third kappa shape index (κ3) is 9.45. The van der Waals surface area contributed by atoms with Gasteiger partial charge in [-0.05, 0) is 50.9 Å². The van der Waals surface area contributed by atoms with E-state index in [9.17, 15) is 29.1 Å². The molecule has 38 heavy (non-hydrogen) atoms. The van der Waals surface area contributed by atoms with Crippen molar-refractivity contribution >= 4 is 29.3 Å². The number of Topliss-reactive ketones (excluding diaryl/α,β-unsaturated/α-hetero) is 2. The molecule has 0 saturated carbocycles. The van der Waals surface area contributed by atoms with Gasteiger partial charge in [0, 0.05) is 12.6 Å². The lowest BCUT2D eigenvalue weighted by Crippen LogP contribution is -2.55. The van der Waals surface area contributed by atoms with Gasteiger partial charge in [0.25, 0.3) is 0 Å². The number of nitrogens with two attached hydrogens (primary N) is 1. The number of nitrogens with zero attached hydrogens (tertiary/aromatic N) is 1. The van der Waals surface area contributed by atoms with Crippen molar-refractivity contribution in [2.75, 3.05) is 6.54 Å². The lowest BCUT2D eigenvalue weighted by atomic mass is 9.90. The fraction of sp³-hybridized carbons (Fsp3) is 0.821. The van der Waals surface area contributed by atoms with Crippen molar-refractivity contribution in [2.24, 2.45) is 29.4 Å². The molecule has 1 rings (SSSR count). The van der Waals surface area contributed by atoms with Crippen LogP contribution in [0.3, 0.4) is 0 Å². The zero-order valence-corrected chi connectivity index (χ0v) is 24.5. The minimum Gasteiger partial charge on any atom is -0.391 e. The molecule has 0 radical (unpaired) electrons. The molecule has 1 heterocycles. The van der Waals surface area contributed by atoms with Gasteiger partial charge in [-0.15, -0.1) is 0 Å². The van der Waals surface area contributed by atoms with Gasteiger partial charge in [0.05, 0.1) is 30.5 Å². The Morgan fingerprint density at radius 2 is 1.63 bits per heavy atom. The molecule has 5 N–H and O–H groups in total. The van der Waals surface area contributed by atoms with Gasteiger partial charge in [0.15, 0.2) is 11.6 Å². The predicted molar refractivity (Wildman–Crippen MR) is 146 cm³/mol. The highest BCUT2D eigenvalue weighted by Crippen LogP contribution is 2.21. The van der Waals surface area contributed by atoms with Crippen molar-refractivity contribution in [1.29, 1.82) is 0 Å². The van der Waals surface area contributed by atoms with Gasteiger partial charge >= 0.3 is 0 Å². The summed E-state index contributed by atoms with van der Waals surface area (Å²) in [5.41, 5.74) is 6.03. The number of carbonyl (C=O) groups is 5. The third-order valence-electron chi connectivity index (χ3n) is 7.58. The minimum absolute atomic E-state index is 0.0248. The summed E-state index contributed by atoms with van der Waals surface area (Å²) in [5.74, 6) is -3.33. The van der Waals surface area contributed by atoms with Crippen molar-refractivity contribution < 1.29 is 29.1 Å². The highest BCUT2D eigenvalue weighted by molar-refractivity contribution is 6.05. The minimum atomic E-state index is -1.13. The van der Waals surface area contributed by atoms with E-state index in [0.29, 0.717) is 19.4 Å². The Labute approximate surface area is 227 Å². The van der Waals surface area contributed by atoms with E-state index >= 15 is 0 Å². The van der Waals surface area contributed by atoms with Crippen LogP contribution in [0.1, 0.15) is 87.5 Å². The Balaban J connectivity index is 2.94. The molecule has 0 aliphatic carbocycles. The van der Waals surface area contributed by atoms with Crippen LogP contribution in [0.2, 0.25) is 0 Å². The first kappa shape index (κ1) is 33.7. The molecule has 1 fully saturated rings. The number of aliphatic hydroxyl groups is 1. The molecule has 218 valence electrons. The Hall–Kier alpha value is -2.33. The molecule has 1 aliphatic rings. The summed E-state index contributed by atoms with van der Waals surface area (Å²) in [5, 5.41) is 15.8. The van der Waals surface area contributed by atoms with Crippen LogP contribution in [0.4, 0.5) is 0 Å². The summed E-state index contributed by atoms with van der Waals surface area (Å²) in [4.78, 5) is 66.0. The predicted octanol–water partition coefficient (Wildman–Crippen LogP) is 1.57. The first-order valence-electron chi connectivity index (χ1n) is 14.0. The number of hydrogen-bond donors (Lipinski definition) is 4. The molecule has 0 aromatic carbocycles. The van der Waals surface area contributed by atoms with E-state index in [-0.39, 0.29) is 35.9 Å². The lowest BCUT2D eigenvalue weighted by Gasteiger charge is -2.30. The molecule has 7 atom stereocenters. The molecular weight excluding hydrogens is 488 g/mol. The Morgan fingerprint density at radius 3 is 2.13 bits per heavy atom. The second-order valence-electron chi connectivity index (χ2n) is 11.6. The van der Waals surface area contributed by atoms with E-state index in [1.165, 1.54) is 18.7 Å². The Morgan fingerprint density at radius 1 is 1.03 bits per heavy atom. The summed E-state index contributed by atoms with van der Waals surface area (Å²) in [6, 6.07) is -2.87. The Bertz CT molecular complexity index is 845. The highest BCUT2D eigenvalue weighted by Gasteiger charge is 2.38. The Kier molecular flexibility index (Phi) is 13.6. The van der Waals surface area contributed by atoms with Crippen LogP contribution in [0.5, 0.6) is 0 Å². The molecular formula is C28H50N4O6. The normalized spacial score (nSPS) is 20.4. The average molecular weight is 539 g/mol. The van der Waals surface area contributed by atoms with Gasteiger partial charge in [0.2, 0.25) is 17.7 Å². The summed E-state index contributed by atoms with van der Waals surface area (Å²) < 4.78 is 0. The number of carbonyl (C=O) groups excluding carboxylic acids is 5. The number of amides is 3. The first-order valence-corrected chi connectivity index (χ1v) is 14.0. The largest absolute Gasteiger partial charge is 0.391 e. The van der Waals surface area contributed by atoms with E-state index in [4.69, 9.17) is 5.73 Å². The molecule has 2 unspecified atom stereocenters. The lowest BCUT2D eigenvalue weighted by molar-refractivity contribution is -0.143. The van der Waals surface area contributed by atoms with Crippen LogP contribution in [-0.4, -0.2) is 76.1 Å². The van der Waals surface area contributed by atoms with Crippen LogP contribution >= 0.6 is 0 Å². The number of ketones is 2. The van der Waals surface area contributed by atoms with Crippen LogP contribution in [0.25, 0.3) is 0 Å². The molecule has 1 saturated heterocycles. The van der Waals surface area contributed by atoms with E-state index in [2.05, 4.69) is 10.6 Å². The fourth-order valence-electron chi connectivity index (χ4n) is 4.82. The molecule has 0 aromatic rings. The first-order chi connectivity index (χ1) is 17.6. The SMILES string of the molecule is CC[C@H](C)[C@@H](N)C(O)CC(=O)N[C@H](C(=O)C(C)C(=O)N[C@H](CC(C)C)C(=O)N1CCC[C@@H]1C(C)=O)C(C)C. The monoisotopic (exact) mass is 538 g/mol. The molecule has 3 amide bonds. The summed E-state index contributed by atoms with van der Waals surface area (Å²) in [6.07, 6.45) is 1.14. The summed E-state index contributed by atoms with van der Waals surface area (Å²) >= 11 is 0. The van der Waals surface area contributed by atoms with E-state index in [1.54, 1.807) is 13.8 Å². The van der Waals surface area contributed by atoms with E-state index < -0.39 is 53.8 Å². The fourth-order valence-corrected chi connectivity index (χ4v) is 4.82. The van der Waals surface area contributed by atoms with Crippen molar-refractivity contribution in [3.63, 3.8) is 0 Å². The average Bonchev–Trinajstić information content (AvgIpc) is 3.34. The quantitative estimate of drug-likeness (QED) is 0.230. The summed E-state index contributed by atoms with van der Waals surface area (Å²) in [6.45, 7) is 14.6. The number of nitrogens with one attached hydrogen (secondary N) is 2. The van der Waals surface area contributed by atoms with Crippen LogP contribution in [-0.2, 0) is 24.0 Å². The number of rotatable bonds is 15. The number of likely N-dealkylation sites (tertiary alicyclic amines) is 1. The molecule has 0 spiro atoms. The number of hydrogen-bond acceptors (Lipinski definition) is 7. The van der Waals surface area contributed by atoms with E-state index in [1.807, 2.05) is 27.7 Å². The number of aliphatic hydroxyl groups excluding tert-OH is 1. The molecule has 1 aliphatic heterocycles. The van der Waals surface area contributed by atoms with Crippen molar-refractivity contribution in [3.8, 4) is 0 Å². The molecule has 10 heteroatoms. The van der Waals surface area contributed by atoms with Gasteiger partial charge in [-0.3, -0.25) is 24.0 Å². The highest BCUT2D eigenvalue weighted by atomic mass is 16.3. The maximum atomic E-state index is 13.3. The molecule has 0 bridgehead atoms. The van der Waals surface area contributed by atoms with Gasteiger partial charge in [-0.25, -0.2) is 0 Å². The zero-order valence-electron chi connectivity index (χ0n) is 24.5. The van der Waals surface area contributed by atoms with Gasteiger partial charge in [-0.1, -0.05) is 48.0 Å². The van der Waals surface area contributed by atoms with Crippen molar-refractivity contribution in [1.82, 2.24) is 15.5 Å². The van der Waals surface area contributed by atoms with Crippen molar-refractivity contribution in [3.05, 3.63) is 0 Å². The second-order valence-corrected chi connectivity index (χ2v) is 11.6. The van der Waals surface area contributed by atoms with Crippen molar-refractivity contribution in [2.45, 2.75) is 118 Å². The van der Waals surface area contributed by atoms with Crippen LogP contribution in [0.15, 0.2) is 0 Å². The zero-order chi connectivity index (χ0) is 29.3. The van der Waals surface area contributed by atoms with Gasteiger partial charge in [0.1, 0.15) is 6.04 Å². The summed E-state index contributed by atoms with van der Waals surface area (Å²) in [7, 11) is 0. The smallest absolute Gasteiger partial charge is 0.245 e. The standard InChI is InChI=1S/C28H50N4O6/c1-9-17(6)24(29)22(34)14-23(35)31-25(16(4)5)26(36)18(7)27(37)30-20(13-15(2)3)28(38)32-12-10-11-21(32)19(8)33/h15-18,20-22,24-25,34H,9-14,29H2,1-8H3,(H,30,37)(H,31,35)/t17-,18?,20+,21+,22?,24+,25-/m0/s1. The van der Waals surface area contributed by atoms with Gasteiger partial charge in [-0.2, -0.15) is 0 Å². The third-order valence-corrected chi connectivity index (χ3v) is 7.58. The van der Waals surface area contributed by atoms with Gasteiger partial charge < -0.3 is 26.4 Å². The topological polar surface area (TPSA) is 159 Å². The van der Waals surface area contributed by atoms with Crippen LogP contribution < -0.4 is 16.4 Å². The maximum Gasteiger partial charge on any atom is 0.245 e. The molecule has 10 nitrogen and oxygen atoms in total.